The Morgan fingerprint density at radius 1 is 0.310 bits per heavy atom. The Kier molecular flexibility index (Phi) is 12.6. The van der Waals surface area contributed by atoms with Crippen LogP contribution in [0.25, 0.3) is 11.1 Å². The minimum absolute atomic E-state index is 0.0520. The fraction of sp³-hybridized carbons (Fsp3) is 0.333. The van der Waals surface area contributed by atoms with Gasteiger partial charge in [-0.1, -0.05) is 204 Å². The molecular formula is C54H64O2P2. The van der Waals surface area contributed by atoms with E-state index in [0.29, 0.717) is 0 Å². The highest BCUT2D eigenvalue weighted by molar-refractivity contribution is 7.80. The van der Waals surface area contributed by atoms with Crippen LogP contribution in [0.2, 0.25) is 0 Å². The second kappa shape index (κ2) is 16.8. The molecule has 0 atom stereocenters. The highest BCUT2D eigenvalue weighted by Gasteiger charge is 2.31. The highest BCUT2D eigenvalue weighted by atomic mass is 31.1. The average Bonchev–Trinajstić information content (AvgIpc) is 3.17. The first-order chi connectivity index (χ1) is 27.2. The summed E-state index contributed by atoms with van der Waals surface area (Å²) in [7, 11) is 1.54. The van der Waals surface area contributed by atoms with Crippen LogP contribution < -0.4 is 41.3 Å². The van der Waals surface area contributed by atoms with Gasteiger partial charge in [-0.2, -0.15) is 0 Å². The Labute approximate surface area is 353 Å². The molecule has 0 fully saturated rings. The molecule has 0 amide bonds. The number of methoxy groups -OCH3 is 2. The van der Waals surface area contributed by atoms with Gasteiger partial charge >= 0.3 is 0 Å². The van der Waals surface area contributed by atoms with Gasteiger partial charge in [0, 0.05) is 11.1 Å². The average molecular weight is 807 g/mol. The molecule has 0 aliphatic rings. The summed E-state index contributed by atoms with van der Waals surface area (Å²) >= 11 is 0. The van der Waals surface area contributed by atoms with Gasteiger partial charge in [-0.25, -0.2) is 0 Å². The van der Waals surface area contributed by atoms with Crippen LogP contribution >= 0.6 is 15.8 Å². The van der Waals surface area contributed by atoms with Gasteiger partial charge in [0.2, 0.25) is 0 Å². The van der Waals surface area contributed by atoms with Crippen molar-refractivity contribution in [1.29, 1.82) is 0 Å². The molecule has 6 aromatic carbocycles. The zero-order chi connectivity index (χ0) is 42.2. The van der Waals surface area contributed by atoms with Crippen LogP contribution in [0.5, 0.6) is 11.5 Å². The maximum Gasteiger partial charge on any atom is 0.127 e. The van der Waals surface area contributed by atoms with E-state index in [2.05, 4.69) is 217 Å². The minimum Gasteiger partial charge on any atom is -0.496 e. The van der Waals surface area contributed by atoms with Crippen LogP contribution in [0.4, 0.5) is 0 Å². The van der Waals surface area contributed by atoms with Gasteiger partial charge in [0.25, 0.3) is 0 Å². The van der Waals surface area contributed by atoms with Gasteiger partial charge in [-0.05, 0) is 104 Å². The predicted molar refractivity (Wildman–Crippen MR) is 257 cm³/mol. The molecule has 0 radical (unpaired) electrons. The van der Waals surface area contributed by atoms with Crippen molar-refractivity contribution in [2.45, 2.75) is 105 Å². The Morgan fingerprint density at radius 3 is 0.724 bits per heavy atom. The molecule has 2 nitrogen and oxygen atoms in total. The Morgan fingerprint density at radius 2 is 0.534 bits per heavy atom. The molecule has 0 aromatic heterocycles. The first kappa shape index (κ1) is 43.4. The number of hydrogen-bond donors (Lipinski definition) is 0. The molecule has 0 saturated heterocycles. The molecule has 0 unspecified atom stereocenters. The van der Waals surface area contributed by atoms with E-state index in [9.17, 15) is 0 Å². The van der Waals surface area contributed by atoms with Crippen molar-refractivity contribution < 1.29 is 9.47 Å². The topological polar surface area (TPSA) is 18.5 Å². The van der Waals surface area contributed by atoms with E-state index in [-0.39, 0.29) is 21.7 Å². The van der Waals surface area contributed by atoms with Gasteiger partial charge in [0.05, 0.1) is 14.2 Å². The first-order valence-corrected chi connectivity index (χ1v) is 23.3. The Bertz CT molecular complexity index is 2030. The molecule has 302 valence electrons. The third-order valence-electron chi connectivity index (χ3n) is 11.1. The van der Waals surface area contributed by atoms with E-state index in [4.69, 9.17) is 9.47 Å². The molecule has 6 rings (SSSR count). The van der Waals surface area contributed by atoms with Gasteiger partial charge in [0.1, 0.15) is 11.5 Å². The zero-order valence-corrected chi connectivity index (χ0v) is 39.2. The fourth-order valence-corrected chi connectivity index (χ4v) is 12.4. The lowest BCUT2D eigenvalue weighted by Gasteiger charge is -2.29. The van der Waals surface area contributed by atoms with E-state index < -0.39 is 15.8 Å². The summed E-state index contributed by atoms with van der Waals surface area (Å²) in [4.78, 5) is 0. The molecule has 0 heterocycles. The second-order valence-corrected chi connectivity index (χ2v) is 23.9. The first-order valence-electron chi connectivity index (χ1n) is 20.6. The van der Waals surface area contributed by atoms with Crippen molar-refractivity contribution in [3.8, 4) is 22.6 Å². The van der Waals surface area contributed by atoms with Crippen molar-refractivity contribution >= 4 is 47.7 Å². The zero-order valence-electron chi connectivity index (χ0n) is 37.4. The van der Waals surface area contributed by atoms with E-state index in [1.165, 1.54) is 54.1 Å². The molecule has 4 heteroatoms. The van der Waals surface area contributed by atoms with Crippen LogP contribution in [0.1, 0.15) is 105 Å². The lowest BCUT2D eigenvalue weighted by Crippen LogP contribution is -2.27. The summed E-state index contributed by atoms with van der Waals surface area (Å²) in [5.74, 6) is 1.68. The lowest BCUT2D eigenvalue weighted by molar-refractivity contribution is 0.411. The summed E-state index contributed by atoms with van der Waals surface area (Å²) in [6.45, 7) is 27.4. The number of benzene rings is 6. The number of hydrogen-bond acceptors (Lipinski definition) is 2. The third-order valence-corrected chi connectivity index (χ3v) is 16.1. The molecule has 0 spiro atoms. The smallest absolute Gasteiger partial charge is 0.127 e. The van der Waals surface area contributed by atoms with Gasteiger partial charge in [-0.15, -0.1) is 0 Å². The SMILES string of the molecule is COc1cccc(P(c2ccc(C(C)(C)C)cc2)c2ccc(C(C)(C)C)cc2)c1-c1c(OC)cccc1P(c1ccc(C(C)(C)C)cc1)c1ccc(C(C)(C)C)cc1. The maximum absolute atomic E-state index is 6.40. The third kappa shape index (κ3) is 9.31. The molecule has 58 heavy (non-hydrogen) atoms. The molecule has 0 aliphatic heterocycles. The standard InChI is InChI=1S/C54H64O2P2/c1-51(2,3)37-21-29-41(30-22-37)57(42-31-23-38(24-32-42)52(4,5)6)47-19-15-17-45(55-13)49(47)50-46(56-14)18-16-20-48(50)58(43-33-25-39(26-34-43)53(7,8)9)44-35-27-40(28-36-44)54(10,11)12/h15-36H,1-14H3. The Hall–Kier alpha value is -4.22. The van der Waals surface area contributed by atoms with Crippen LogP contribution in [0.15, 0.2) is 133 Å². The van der Waals surface area contributed by atoms with E-state index in [0.717, 1.165) is 22.6 Å². The summed E-state index contributed by atoms with van der Waals surface area (Å²) in [5, 5.41) is 7.69. The second-order valence-electron chi connectivity index (χ2n) is 19.6. The molecule has 0 bridgehead atoms. The van der Waals surface area contributed by atoms with Crippen molar-refractivity contribution in [2.24, 2.45) is 0 Å². The Balaban J connectivity index is 1.67. The van der Waals surface area contributed by atoms with Gasteiger partial charge < -0.3 is 9.47 Å². The molecular weight excluding hydrogens is 743 g/mol. The van der Waals surface area contributed by atoms with E-state index in [1.54, 1.807) is 14.2 Å². The quantitative estimate of drug-likeness (QED) is 0.136. The van der Waals surface area contributed by atoms with Gasteiger partial charge in [0.15, 0.2) is 0 Å². The summed E-state index contributed by atoms with van der Waals surface area (Å²) in [6, 6.07) is 50.7. The number of ether oxygens (including phenoxy) is 2. The van der Waals surface area contributed by atoms with Crippen molar-refractivity contribution in [3.63, 3.8) is 0 Å². The molecule has 0 N–H and O–H groups in total. The highest BCUT2D eigenvalue weighted by Crippen LogP contribution is 2.47. The fourth-order valence-electron chi connectivity index (χ4n) is 7.55. The van der Waals surface area contributed by atoms with Crippen LogP contribution in [-0.2, 0) is 21.7 Å². The monoisotopic (exact) mass is 806 g/mol. The van der Waals surface area contributed by atoms with Gasteiger partial charge in [-0.3, -0.25) is 0 Å². The largest absolute Gasteiger partial charge is 0.496 e. The summed E-state index contributed by atoms with van der Waals surface area (Å²) < 4.78 is 12.8. The predicted octanol–water partition coefficient (Wildman–Crippen LogP) is 12.1. The maximum atomic E-state index is 6.40. The molecule has 0 aliphatic carbocycles. The molecule has 0 saturated carbocycles. The van der Waals surface area contributed by atoms with Crippen molar-refractivity contribution in [3.05, 3.63) is 156 Å². The van der Waals surface area contributed by atoms with E-state index >= 15 is 0 Å². The number of rotatable bonds is 9. The lowest BCUT2D eigenvalue weighted by atomic mass is 9.87. The van der Waals surface area contributed by atoms with Crippen LogP contribution in [0, 0.1) is 0 Å². The normalized spacial score (nSPS) is 12.6. The van der Waals surface area contributed by atoms with E-state index in [1.807, 2.05) is 0 Å². The van der Waals surface area contributed by atoms with Crippen molar-refractivity contribution in [1.82, 2.24) is 0 Å². The van der Waals surface area contributed by atoms with Crippen LogP contribution in [0.3, 0.4) is 0 Å². The minimum atomic E-state index is -1.03. The summed E-state index contributed by atoms with van der Waals surface area (Å²) in [5.41, 5.74) is 7.70. The van der Waals surface area contributed by atoms with Crippen LogP contribution in [-0.4, -0.2) is 14.2 Å². The summed E-state index contributed by atoms with van der Waals surface area (Å²) in [6.07, 6.45) is 0. The molecule has 6 aromatic rings. The van der Waals surface area contributed by atoms with Crippen molar-refractivity contribution in [2.75, 3.05) is 14.2 Å².